The van der Waals surface area contributed by atoms with Crippen LogP contribution in [0.3, 0.4) is 0 Å². The Hall–Kier alpha value is -1.77. The van der Waals surface area contributed by atoms with Crippen molar-refractivity contribution >= 4 is 37.4 Å². The van der Waals surface area contributed by atoms with E-state index in [4.69, 9.17) is 0 Å². The van der Waals surface area contributed by atoms with Gasteiger partial charge in [0.05, 0.1) is 0 Å². The number of nitrogens with one attached hydrogen (secondary N) is 1. The topological polar surface area (TPSA) is 49.3 Å². The minimum atomic E-state index is -0.133. The fourth-order valence-electron chi connectivity index (χ4n) is 2.41. The Balaban J connectivity index is 2.57. The third-order valence-corrected chi connectivity index (χ3v) is 3.41. The summed E-state index contributed by atoms with van der Waals surface area (Å²) < 4.78 is 0. The second kappa shape index (κ2) is 4.48. The molecule has 90 valence electrons. The molecule has 1 aromatic carbocycles. The molecule has 0 saturated carbocycles. The zero-order valence-electron chi connectivity index (χ0n) is 10.9. The molecule has 1 amide bonds. The molecule has 1 aliphatic rings. The number of aryl methyl sites for hydroxylation is 1. The molecule has 0 aromatic heterocycles. The van der Waals surface area contributed by atoms with Crippen molar-refractivity contribution in [1.82, 2.24) is 5.32 Å². The second-order valence-corrected chi connectivity index (χ2v) is 4.69. The molecule has 0 bridgehead atoms. The molecule has 0 atom stereocenters. The summed E-state index contributed by atoms with van der Waals surface area (Å²) >= 11 is 0. The van der Waals surface area contributed by atoms with Gasteiger partial charge in [0.15, 0.2) is 0 Å². The summed E-state index contributed by atoms with van der Waals surface area (Å²) in [6.07, 6.45) is 0. The number of carbonyl (C=O) groups excluding carboxylic acids is 1. The van der Waals surface area contributed by atoms with E-state index in [9.17, 15) is 9.90 Å². The van der Waals surface area contributed by atoms with Gasteiger partial charge in [-0.15, -0.1) is 0 Å². The summed E-state index contributed by atoms with van der Waals surface area (Å²) in [5, 5.41) is 12.5. The van der Waals surface area contributed by atoms with E-state index in [1.165, 1.54) is 18.1 Å². The summed E-state index contributed by atoms with van der Waals surface area (Å²) in [4.78, 5) is 11.2. The average Bonchev–Trinajstić information content (AvgIpc) is 2.61. The second-order valence-electron chi connectivity index (χ2n) is 4.69. The van der Waals surface area contributed by atoms with Gasteiger partial charge in [-0.05, 0) is 0 Å². The van der Waals surface area contributed by atoms with Crippen molar-refractivity contribution in [2.24, 2.45) is 0 Å². The first-order chi connectivity index (χ1) is 8.41. The standard InChI is InChI=1S/C13H15B2NO2/c1-6-4-5-9-10(12(14)18)13(16-8(3)17)15-11(9)7(6)2/h4-5,14-15,18H,1-3H3,(H,16,17). The van der Waals surface area contributed by atoms with Gasteiger partial charge in [-0.3, -0.25) is 0 Å². The maximum atomic E-state index is 11.2. The van der Waals surface area contributed by atoms with Crippen molar-refractivity contribution in [3.8, 4) is 0 Å². The van der Waals surface area contributed by atoms with Gasteiger partial charge in [-0.2, -0.15) is 0 Å². The molecule has 0 unspecified atom stereocenters. The zero-order chi connectivity index (χ0) is 13.4. The number of aliphatic hydroxyl groups excluding tert-OH is 1. The molecular weight excluding hydrogens is 224 g/mol. The number of hydrogen-bond acceptors (Lipinski definition) is 2. The van der Waals surface area contributed by atoms with E-state index in [0.29, 0.717) is 12.9 Å². The maximum absolute atomic E-state index is 11.2. The first-order valence-electron chi connectivity index (χ1n) is 5.90. The molecule has 2 rings (SSSR count). The zero-order valence-corrected chi connectivity index (χ0v) is 10.9. The first-order valence-corrected chi connectivity index (χ1v) is 5.90. The van der Waals surface area contributed by atoms with Crippen LogP contribution in [0.2, 0.25) is 0 Å². The summed E-state index contributed by atoms with van der Waals surface area (Å²) in [5.41, 5.74) is 5.92. The molecule has 18 heavy (non-hydrogen) atoms. The number of amides is 1. The van der Waals surface area contributed by atoms with E-state index in [-0.39, 0.29) is 11.6 Å². The Bertz CT molecular complexity index is 591. The molecule has 3 nitrogen and oxygen atoms in total. The molecule has 2 N–H and O–H groups in total. The molecule has 0 aliphatic carbocycles. The van der Waals surface area contributed by atoms with Gasteiger partial charge in [-0.25, -0.2) is 0 Å². The third-order valence-electron chi connectivity index (χ3n) is 3.41. The van der Waals surface area contributed by atoms with Crippen molar-refractivity contribution in [3.05, 3.63) is 34.4 Å². The van der Waals surface area contributed by atoms with Crippen molar-refractivity contribution in [2.45, 2.75) is 20.8 Å². The molecule has 1 aromatic rings. The summed E-state index contributed by atoms with van der Waals surface area (Å²) in [6.45, 7) is 5.58. The van der Waals surface area contributed by atoms with Crippen molar-refractivity contribution in [3.63, 3.8) is 0 Å². The monoisotopic (exact) mass is 239 g/mol. The SMILES string of the molecule is B=C(O)C1=C(NC(C)=O)Bc2c1ccc(C)c2C. The van der Waals surface area contributed by atoms with E-state index < -0.39 is 0 Å². The normalized spacial score (nSPS) is 13.0. The van der Waals surface area contributed by atoms with Gasteiger partial charge in [-0.1, -0.05) is 0 Å². The van der Waals surface area contributed by atoms with Crippen LogP contribution in [0.5, 0.6) is 0 Å². The van der Waals surface area contributed by atoms with Gasteiger partial charge >= 0.3 is 108 Å². The van der Waals surface area contributed by atoms with E-state index in [0.717, 1.165) is 16.6 Å². The Morgan fingerprint density at radius 3 is 2.61 bits per heavy atom. The van der Waals surface area contributed by atoms with Crippen LogP contribution in [0.15, 0.2) is 17.7 Å². The number of rotatable bonds is 2. The predicted molar refractivity (Wildman–Crippen MR) is 77.5 cm³/mol. The van der Waals surface area contributed by atoms with Crippen molar-refractivity contribution < 1.29 is 9.90 Å². The van der Waals surface area contributed by atoms with E-state index in [1.54, 1.807) is 0 Å². The minimum absolute atomic E-state index is 0.000697. The molecule has 0 saturated heterocycles. The van der Waals surface area contributed by atoms with Crippen molar-refractivity contribution in [1.29, 1.82) is 0 Å². The molecule has 0 fully saturated rings. The summed E-state index contributed by atoms with van der Waals surface area (Å²) in [6, 6.07) is 4.00. The van der Waals surface area contributed by atoms with E-state index in [2.05, 4.69) is 26.7 Å². The first kappa shape index (κ1) is 12.7. The Labute approximate surface area is 108 Å². The fourth-order valence-corrected chi connectivity index (χ4v) is 2.41. The summed E-state index contributed by atoms with van der Waals surface area (Å²) in [5.74, 6) is -0.133. The number of benzene rings is 1. The Morgan fingerprint density at radius 1 is 1.39 bits per heavy atom. The van der Waals surface area contributed by atoms with Gasteiger partial charge in [0.25, 0.3) is 0 Å². The van der Waals surface area contributed by atoms with Crippen LogP contribution in [0, 0.1) is 13.8 Å². The Kier molecular flexibility index (Phi) is 3.16. The Morgan fingerprint density at radius 2 is 2.06 bits per heavy atom. The number of aliphatic hydroxyl groups is 1. The molecule has 1 heterocycles. The molecule has 1 aliphatic heterocycles. The van der Waals surface area contributed by atoms with Crippen LogP contribution >= 0.6 is 0 Å². The van der Waals surface area contributed by atoms with Gasteiger partial charge in [0.1, 0.15) is 0 Å². The van der Waals surface area contributed by atoms with Crippen molar-refractivity contribution in [2.75, 3.05) is 0 Å². The van der Waals surface area contributed by atoms with Gasteiger partial charge < -0.3 is 0 Å². The van der Waals surface area contributed by atoms with E-state index in [1.807, 2.05) is 12.1 Å². The molecule has 5 heteroatoms. The number of fused-ring (bicyclic) bond motifs is 1. The van der Waals surface area contributed by atoms with Crippen LogP contribution in [0.25, 0.3) is 5.57 Å². The number of hydrogen-bond donors (Lipinski definition) is 2. The molecule has 0 spiro atoms. The van der Waals surface area contributed by atoms with Crippen LogP contribution < -0.4 is 10.8 Å². The quantitative estimate of drug-likeness (QED) is 0.689. The fraction of sp³-hybridized carbons (Fsp3) is 0.231. The molecule has 0 radical (unpaired) electrons. The van der Waals surface area contributed by atoms with E-state index >= 15 is 0 Å². The van der Waals surface area contributed by atoms with Crippen LogP contribution in [-0.4, -0.2) is 31.4 Å². The van der Waals surface area contributed by atoms with Crippen LogP contribution in [-0.2, 0) is 4.79 Å². The van der Waals surface area contributed by atoms with Crippen LogP contribution in [0.4, 0.5) is 0 Å². The average molecular weight is 239 g/mol. The number of carbonyl (C=O) groups is 1. The van der Waals surface area contributed by atoms with Gasteiger partial charge in [0.2, 0.25) is 0 Å². The summed E-state index contributed by atoms with van der Waals surface area (Å²) in [7, 11) is 4.23. The third kappa shape index (κ3) is 2.01. The van der Waals surface area contributed by atoms with Gasteiger partial charge in [0, 0.05) is 0 Å². The van der Waals surface area contributed by atoms with Crippen LogP contribution in [0.1, 0.15) is 23.6 Å². The molecular formula is C13H15B2NO2. The predicted octanol–water partition coefficient (Wildman–Crippen LogP) is -0.413.